The van der Waals surface area contributed by atoms with E-state index in [1.165, 1.54) is 0 Å². The average molecular weight is 342 g/mol. The number of hydrogen-bond acceptors (Lipinski definition) is 6. The molecule has 3 heterocycles. The highest BCUT2D eigenvalue weighted by molar-refractivity contribution is 5.94. The largest absolute Gasteiger partial charge is 0.368 e. The average Bonchev–Trinajstić information content (AvgIpc) is 3.04. The predicted octanol–water partition coefficient (Wildman–Crippen LogP) is 2.17. The minimum absolute atomic E-state index is 0.0669. The number of rotatable bonds is 2. The summed E-state index contributed by atoms with van der Waals surface area (Å²) in [7, 11) is 0. The molecule has 0 radical (unpaired) electrons. The third-order valence-corrected chi connectivity index (χ3v) is 4.82. The van der Waals surface area contributed by atoms with Gasteiger partial charge in [0.1, 0.15) is 17.7 Å². The van der Waals surface area contributed by atoms with Gasteiger partial charge in [0.05, 0.1) is 18.8 Å². The fraction of sp³-hybridized carbons (Fsp3) is 0.556. The van der Waals surface area contributed by atoms with E-state index in [-0.39, 0.29) is 12.0 Å². The van der Waals surface area contributed by atoms with Gasteiger partial charge in [-0.2, -0.15) is 0 Å². The predicted molar refractivity (Wildman–Crippen MR) is 89.2 cm³/mol. The fourth-order valence-electron chi connectivity index (χ4n) is 3.63. The molecule has 0 unspecified atom stereocenters. The second-order valence-electron chi connectivity index (χ2n) is 6.73. The van der Waals surface area contributed by atoms with E-state index < -0.39 is 0 Å². The quantitative estimate of drug-likeness (QED) is 0.832. The van der Waals surface area contributed by atoms with E-state index >= 15 is 0 Å². The van der Waals surface area contributed by atoms with Gasteiger partial charge in [-0.25, -0.2) is 9.97 Å². The lowest BCUT2D eigenvalue weighted by Gasteiger charge is -2.32. The maximum absolute atomic E-state index is 13.0. The number of aryl methyl sites for hydroxylation is 3. The van der Waals surface area contributed by atoms with Gasteiger partial charge in [-0.15, -0.1) is 0 Å². The highest BCUT2D eigenvalue weighted by atomic mass is 16.5. The maximum atomic E-state index is 13.0. The van der Waals surface area contributed by atoms with Crippen LogP contribution in [-0.2, 0) is 17.6 Å². The summed E-state index contributed by atoms with van der Waals surface area (Å²) in [5.41, 5.74) is 3.20. The molecule has 4 rings (SSSR count). The molecule has 132 valence electrons. The van der Waals surface area contributed by atoms with E-state index in [1.54, 1.807) is 4.90 Å². The molecule has 0 N–H and O–H groups in total. The van der Waals surface area contributed by atoms with Gasteiger partial charge in [-0.1, -0.05) is 5.16 Å². The molecule has 7 heteroatoms. The zero-order valence-electron chi connectivity index (χ0n) is 14.6. The van der Waals surface area contributed by atoms with Crippen molar-refractivity contribution in [3.8, 4) is 0 Å². The zero-order valence-corrected chi connectivity index (χ0v) is 14.6. The van der Waals surface area contributed by atoms with E-state index in [4.69, 9.17) is 9.26 Å². The zero-order chi connectivity index (χ0) is 17.4. The minimum Gasteiger partial charge on any atom is -0.368 e. The van der Waals surface area contributed by atoms with Crippen LogP contribution in [0.5, 0.6) is 0 Å². The number of morpholine rings is 1. The summed E-state index contributed by atoms with van der Waals surface area (Å²) >= 11 is 0. The van der Waals surface area contributed by atoms with Gasteiger partial charge in [-0.3, -0.25) is 4.79 Å². The Hall–Kier alpha value is -2.28. The maximum Gasteiger partial charge on any atom is 0.276 e. The molecule has 2 aromatic heterocycles. The molecule has 1 amide bonds. The highest BCUT2D eigenvalue weighted by Crippen LogP contribution is 2.27. The summed E-state index contributed by atoms with van der Waals surface area (Å²) in [5.74, 6) is 1.52. The van der Waals surface area contributed by atoms with Gasteiger partial charge in [0.15, 0.2) is 5.69 Å². The molecular formula is C18H22N4O3. The molecule has 1 aliphatic carbocycles. The second kappa shape index (κ2) is 6.55. The van der Waals surface area contributed by atoms with Crippen LogP contribution in [0.3, 0.4) is 0 Å². The van der Waals surface area contributed by atoms with E-state index in [1.807, 2.05) is 19.9 Å². The number of amides is 1. The third-order valence-electron chi connectivity index (χ3n) is 4.82. The molecule has 0 aromatic carbocycles. The molecule has 25 heavy (non-hydrogen) atoms. The van der Waals surface area contributed by atoms with Crippen LogP contribution < -0.4 is 0 Å². The number of carbonyl (C=O) groups excluding carboxylic acids is 1. The monoisotopic (exact) mass is 342 g/mol. The summed E-state index contributed by atoms with van der Waals surface area (Å²) in [6.07, 6.45) is 3.70. The first-order valence-corrected chi connectivity index (χ1v) is 8.82. The van der Waals surface area contributed by atoms with Gasteiger partial charge in [0.2, 0.25) is 0 Å². The Morgan fingerprint density at radius 1 is 1.24 bits per heavy atom. The Morgan fingerprint density at radius 3 is 2.92 bits per heavy atom. The van der Waals surface area contributed by atoms with Crippen LogP contribution in [0.4, 0.5) is 0 Å². The van der Waals surface area contributed by atoms with Crippen molar-refractivity contribution in [1.82, 2.24) is 20.0 Å². The first kappa shape index (κ1) is 16.2. The minimum atomic E-state index is -0.235. The van der Waals surface area contributed by atoms with Gasteiger partial charge in [0.25, 0.3) is 5.91 Å². The summed E-state index contributed by atoms with van der Waals surface area (Å²) in [4.78, 5) is 23.5. The van der Waals surface area contributed by atoms with Crippen molar-refractivity contribution in [3.63, 3.8) is 0 Å². The summed E-state index contributed by atoms with van der Waals surface area (Å²) < 4.78 is 11.2. The Balaban J connectivity index is 1.55. The number of fused-ring (bicyclic) bond motifs is 1. The van der Waals surface area contributed by atoms with Gasteiger partial charge in [0, 0.05) is 24.2 Å². The van der Waals surface area contributed by atoms with Crippen molar-refractivity contribution < 1.29 is 14.1 Å². The van der Waals surface area contributed by atoms with Crippen molar-refractivity contribution >= 4 is 5.91 Å². The van der Waals surface area contributed by atoms with E-state index in [9.17, 15) is 4.79 Å². The topological polar surface area (TPSA) is 81.4 Å². The molecule has 0 bridgehead atoms. The van der Waals surface area contributed by atoms with Crippen molar-refractivity contribution in [3.05, 3.63) is 40.3 Å². The van der Waals surface area contributed by atoms with Crippen LogP contribution in [0.15, 0.2) is 10.6 Å². The molecule has 0 saturated carbocycles. The highest BCUT2D eigenvalue weighted by Gasteiger charge is 2.32. The molecular weight excluding hydrogens is 320 g/mol. The number of ether oxygens (including phenoxy) is 1. The first-order chi connectivity index (χ1) is 12.1. The van der Waals surface area contributed by atoms with Crippen LogP contribution in [0.2, 0.25) is 0 Å². The molecule has 2 aliphatic rings. The Kier molecular flexibility index (Phi) is 4.25. The molecule has 1 saturated heterocycles. The van der Waals surface area contributed by atoms with E-state index in [0.29, 0.717) is 31.2 Å². The molecule has 7 nitrogen and oxygen atoms in total. The summed E-state index contributed by atoms with van der Waals surface area (Å²) in [6, 6.07) is 1.92. The SMILES string of the molecule is Cc1cc([C@@H]2CN(C(=O)c3noc4c3CCCC4)CCO2)nc(C)n1. The number of aromatic nitrogens is 3. The summed E-state index contributed by atoms with van der Waals surface area (Å²) in [5, 5.41) is 4.07. The second-order valence-corrected chi connectivity index (χ2v) is 6.73. The van der Waals surface area contributed by atoms with Crippen molar-refractivity contribution in [2.24, 2.45) is 0 Å². The van der Waals surface area contributed by atoms with Crippen LogP contribution in [-0.4, -0.2) is 45.6 Å². The molecule has 1 fully saturated rings. The number of nitrogens with zero attached hydrogens (tertiary/aromatic N) is 4. The lowest BCUT2D eigenvalue weighted by molar-refractivity contribution is -0.0252. The third kappa shape index (κ3) is 3.16. The van der Waals surface area contributed by atoms with Gasteiger partial charge in [-0.05, 0) is 39.2 Å². The smallest absolute Gasteiger partial charge is 0.276 e. The van der Waals surface area contributed by atoms with Gasteiger partial charge < -0.3 is 14.2 Å². The first-order valence-electron chi connectivity index (χ1n) is 8.82. The lowest BCUT2D eigenvalue weighted by atomic mass is 9.96. The van der Waals surface area contributed by atoms with E-state index in [0.717, 1.165) is 48.4 Å². The molecule has 0 spiro atoms. The van der Waals surface area contributed by atoms with Crippen LogP contribution in [0.25, 0.3) is 0 Å². The molecule has 1 atom stereocenters. The Morgan fingerprint density at radius 2 is 2.08 bits per heavy atom. The van der Waals surface area contributed by atoms with E-state index in [2.05, 4.69) is 15.1 Å². The van der Waals surface area contributed by atoms with Crippen LogP contribution in [0, 0.1) is 13.8 Å². The van der Waals surface area contributed by atoms with Gasteiger partial charge >= 0.3 is 0 Å². The summed E-state index contributed by atoms with van der Waals surface area (Å²) in [6.45, 7) is 5.31. The fourth-order valence-corrected chi connectivity index (χ4v) is 3.63. The normalized spacial score (nSPS) is 20.4. The number of carbonyl (C=O) groups is 1. The number of hydrogen-bond donors (Lipinski definition) is 0. The van der Waals surface area contributed by atoms with Crippen LogP contribution >= 0.6 is 0 Å². The van der Waals surface area contributed by atoms with Crippen molar-refractivity contribution in [2.45, 2.75) is 45.6 Å². The van der Waals surface area contributed by atoms with Crippen molar-refractivity contribution in [2.75, 3.05) is 19.7 Å². The molecule has 2 aromatic rings. The Labute approximate surface area is 146 Å². The van der Waals surface area contributed by atoms with Crippen molar-refractivity contribution in [1.29, 1.82) is 0 Å². The standard InChI is InChI=1S/C18H22N4O3/c1-11-9-14(20-12(2)19-11)16-10-22(7-8-24-16)18(23)17-13-5-3-4-6-15(13)25-21-17/h9,16H,3-8,10H2,1-2H3/t16-/m0/s1. The lowest BCUT2D eigenvalue weighted by Crippen LogP contribution is -2.43. The Bertz CT molecular complexity index is 781. The molecule has 1 aliphatic heterocycles. The van der Waals surface area contributed by atoms with Crippen LogP contribution in [0.1, 0.15) is 58.0 Å².